The van der Waals surface area contributed by atoms with Crippen LogP contribution < -0.4 is 10.9 Å². The summed E-state index contributed by atoms with van der Waals surface area (Å²) >= 11 is 3.44. The van der Waals surface area contributed by atoms with Gasteiger partial charge in [-0.25, -0.2) is 9.38 Å². The quantitative estimate of drug-likeness (QED) is 0.611. The topological polar surface area (TPSA) is 63.8 Å². The number of aryl methyl sites for hydroxylation is 1. The molecule has 1 N–H and O–H groups in total. The third-order valence-electron chi connectivity index (χ3n) is 4.86. The molecule has 1 amide bonds. The van der Waals surface area contributed by atoms with Gasteiger partial charge in [0.05, 0.1) is 11.8 Å². The summed E-state index contributed by atoms with van der Waals surface area (Å²) in [4.78, 5) is 17.4. The van der Waals surface area contributed by atoms with E-state index in [2.05, 4.69) is 26.2 Å². The maximum Gasteiger partial charge on any atom is 0.256 e. The van der Waals surface area contributed by atoms with E-state index < -0.39 is 5.82 Å². The van der Waals surface area contributed by atoms with E-state index in [4.69, 9.17) is 9.15 Å². The summed E-state index contributed by atoms with van der Waals surface area (Å²) < 4.78 is 26.1. The maximum atomic E-state index is 13.7. The summed E-state index contributed by atoms with van der Waals surface area (Å²) in [7, 11) is 0. The predicted octanol–water partition coefficient (Wildman–Crippen LogP) is 4.78. The number of benzene rings is 2. The zero-order valence-electron chi connectivity index (χ0n) is 15.9. The average molecular weight is 459 g/mol. The van der Waals surface area contributed by atoms with Gasteiger partial charge in [-0.15, -0.1) is 0 Å². The summed E-state index contributed by atoms with van der Waals surface area (Å²) in [5.41, 5.74) is 2.20. The van der Waals surface area contributed by atoms with Crippen LogP contribution in [0.1, 0.15) is 28.8 Å². The minimum absolute atomic E-state index is 0.0244. The third kappa shape index (κ3) is 4.57. The Morgan fingerprint density at radius 1 is 1.28 bits per heavy atom. The van der Waals surface area contributed by atoms with Crippen molar-refractivity contribution in [3.05, 3.63) is 69.4 Å². The lowest BCUT2D eigenvalue weighted by molar-refractivity contribution is 0.0854. The van der Waals surface area contributed by atoms with Crippen LogP contribution in [0.15, 0.2) is 56.3 Å². The summed E-state index contributed by atoms with van der Waals surface area (Å²) in [6.45, 7) is 2.97. The number of halogens is 2. The summed E-state index contributed by atoms with van der Waals surface area (Å²) in [6.07, 6.45) is 1.95. The van der Waals surface area contributed by atoms with Gasteiger partial charge in [-0.2, -0.15) is 0 Å². The fourth-order valence-corrected chi connectivity index (χ4v) is 3.65. The molecular weight excluding hydrogens is 439 g/mol. The fraction of sp³-hybridized carbons (Fsp3) is 0.273. The summed E-state index contributed by atoms with van der Waals surface area (Å²) in [6, 6.07) is 11.6. The molecule has 1 atom stereocenters. The second-order valence-corrected chi connectivity index (χ2v) is 7.95. The molecule has 2 aromatic carbocycles. The van der Waals surface area contributed by atoms with Crippen LogP contribution in [-0.2, 0) is 4.74 Å². The highest BCUT2D eigenvalue weighted by Crippen LogP contribution is 2.22. The average Bonchev–Trinajstić information content (AvgIpc) is 3.22. The van der Waals surface area contributed by atoms with Crippen LogP contribution in [0.5, 0.6) is 0 Å². The minimum Gasteiger partial charge on any atom is -0.438 e. The molecule has 0 spiro atoms. The molecule has 1 fully saturated rings. The van der Waals surface area contributed by atoms with Crippen molar-refractivity contribution in [2.24, 2.45) is 4.99 Å². The first-order valence-electron chi connectivity index (χ1n) is 9.44. The highest BCUT2D eigenvalue weighted by atomic mass is 79.9. The van der Waals surface area contributed by atoms with Crippen LogP contribution in [0.2, 0.25) is 0 Å². The van der Waals surface area contributed by atoms with E-state index >= 15 is 0 Å². The molecule has 1 unspecified atom stereocenters. The molecule has 2 heterocycles. The zero-order valence-corrected chi connectivity index (χ0v) is 17.5. The summed E-state index contributed by atoms with van der Waals surface area (Å²) in [5.74, 6) is -0.706. The molecule has 1 aliphatic heterocycles. The lowest BCUT2D eigenvalue weighted by Crippen LogP contribution is -2.34. The van der Waals surface area contributed by atoms with Gasteiger partial charge in [0, 0.05) is 23.0 Å². The molecule has 29 heavy (non-hydrogen) atoms. The van der Waals surface area contributed by atoms with E-state index in [1.807, 2.05) is 19.1 Å². The fourth-order valence-electron chi connectivity index (χ4n) is 3.27. The highest BCUT2D eigenvalue weighted by molar-refractivity contribution is 9.10. The Hall–Kier alpha value is -2.51. The molecule has 0 radical (unpaired) electrons. The predicted molar refractivity (Wildman–Crippen MR) is 112 cm³/mol. The second-order valence-electron chi connectivity index (χ2n) is 7.04. The minimum atomic E-state index is -0.400. The molecule has 3 aromatic rings. The molecule has 7 heteroatoms. The Morgan fingerprint density at radius 2 is 2.14 bits per heavy atom. The van der Waals surface area contributed by atoms with Crippen LogP contribution >= 0.6 is 15.9 Å². The Kier molecular flexibility index (Phi) is 5.78. The van der Waals surface area contributed by atoms with E-state index in [1.54, 1.807) is 18.2 Å². The lowest BCUT2D eigenvalue weighted by atomic mass is 10.1. The number of ether oxygens (including phenoxy) is 1. The molecule has 1 aliphatic rings. The van der Waals surface area contributed by atoms with Crippen molar-refractivity contribution in [3.8, 4) is 0 Å². The molecular formula is C22H20BrFN2O3. The van der Waals surface area contributed by atoms with Crippen LogP contribution in [0.4, 0.5) is 10.1 Å². The van der Waals surface area contributed by atoms with Crippen molar-refractivity contribution in [3.63, 3.8) is 0 Å². The standard InChI is InChI=1S/C22H20BrFN2O3/c1-13-4-6-16(24)11-19(13)26-22-18(21(27)25-12-17-3-2-8-28-17)10-14-9-15(23)5-7-20(14)29-22/h4-7,9-11,17H,2-3,8,12H2,1H3,(H,25,27). The number of amides is 1. The molecule has 4 rings (SSSR count). The van der Waals surface area contributed by atoms with Crippen molar-refractivity contribution >= 4 is 38.5 Å². The first kappa shape index (κ1) is 19.8. The van der Waals surface area contributed by atoms with E-state index in [9.17, 15) is 9.18 Å². The smallest absolute Gasteiger partial charge is 0.256 e. The van der Waals surface area contributed by atoms with Crippen molar-refractivity contribution in [1.29, 1.82) is 0 Å². The normalized spacial score (nSPS) is 17.1. The number of hydrogen-bond acceptors (Lipinski definition) is 4. The van der Waals surface area contributed by atoms with Gasteiger partial charge in [0.15, 0.2) is 0 Å². The number of nitrogens with one attached hydrogen (secondary N) is 1. The molecule has 0 saturated carbocycles. The molecule has 0 bridgehead atoms. The summed E-state index contributed by atoms with van der Waals surface area (Å²) in [5, 5.41) is 3.66. The SMILES string of the molecule is Cc1ccc(F)cc1N=c1oc2ccc(Br)cc2cc1C(=O)NCC1CCCO1. The van der Waals surface area contributed by atoms with E-state index in [0.29, 0.717) is 17.8 Å². The third-order valence-corrected chi connectivity index (χ3v) is 5.35. The van der Waals surface area contributed by atoms with Crippen LogP contribution in [-0.4, -0.2) is 25.2 Å². The Labute approximate surface area is 175 Å². The van der Waals surface area contributed by atoms with Crippen molar-refractivity contribution < 1.29 is 18.3 Å². The number of hydrogen-bond donors (Lipinski definition) is 1. The Balaban J connectivity index is 1.79. The lowest BCUT2D eigenvalue weighted by Gasteiger charge is -2.11. The molecule has 150 valence electrons. The van der Waals surface area contributed by atoms with Crippen molar-refractivity contribution in [1.82, 2.24) is 5.32 Å². The van der Waals surface area contributed by atoms with Crippen LogP contribution in [0, 0.1) is 12.7 Å². The molecule has 5 nitrogen and oxygen atoms in total. The van der Waals surface area contributed by atoms with Gasteiger partial charge in [0.25, 0.3) is 5.91 Å². The zero-order chi connectivity index (χ0) is 20.4. The molecule has 0 aliphatic carbocycles. The number of fused-ring (bicyclic) bond motifs is 1. The number of rotatable bonds is 4. The first-order chi connectivity index (χ1) is 14.0. The van der Waals surface area contributed by atoms with Gasteiger partial charge >= 0.3 is 0 Å². The largest absolute Gasteiger partial charge is 0.438 e. The second kappa shape index (κ2) is 8.47. The van der Waals surface area contributed by atoms with E-state index in [1.165, 1.54) is 12.1 Å². The first-order valence-corrected chi connectivity index (χ1v) is 10.2. The molecule has 1 saturated heterocycles. The van der Waals surface area contributed by atoms with Gasteiger partial charge in [-0.05, 0) is 61.7 Å². The van der Waals surface area contributed by atoms with Gasteiger partial charge < -0.3 is 14.5 Å². The van der Waals surface area contributed by atoms with Crippen molar-refractivity contribution in [2.75, 3.05) is 13.2 Å². The number of carbonyl (C=O) groups excluding carboxylic acids is 1. The monoisotopic (exact) mass is 458 g/mol. The van der Waals surface area contributed by atoms with Crippen LogP contribution in [0.25, 0.3) is 11.0 Å². The van der Waals surface area contributed by atoms with E-state index in [0.717, 1.165) is 34.9 Å². The van der Waals surface area contributed by atoms with Gasteiger partial charge in [0.2, 0.25) is 5.55 Å². The number of carbonyl (C=O) groups is 1. The van der Waals surface area contributed by atoms with Gasteiger partial charge in [0.1, 0.15) is 17.0 Å². The van der Waals surface area contributed by atoms with Gasteiger partial charge in [-0.3, -0.25) is 4.79 Å². The Morgan fingerprint density at radius 3 is 2.93 bits per heavy atom. The Bertz CT molecular complexity index is 1140. The number of nitrogens with zero attached hydrogens (tertiary/aromatic N) is 1. The highest BCUT2D eigenvalue weighted by Gasteiger charge is 2.19. The maximum absolute atomic E-state index is 13.7. The van der Waals surface area contributed by atoms with Crippen LogP contribution in [0.3, 0.4) is 0 Å². The van der Waals surface area contributed by atoms with E-state index in [-0.39, 0.29) is 23.1 Å². The molecule has 1 aromatic heterocycles. The van der Waals surface area contributed by atoms with Gasteiger partial charge in [-0.1, -0.05) is 22.0 Å². The van der Waals surface area contributed by atoms with Crippen molar-refractivity contribution in [2.45, 2.75) is 25.9 Å².